The van der Waals surface area contributed by atoms with Gasteiger partial charge in [-0.2, -0.15) is 0 Å². The fraction of sp³-hybridized carbons (Fsp3) is 0.857. The van der Waals surface area contributed by atoms with E-state index < -0.39 is 39.7 Å². The van der Waals surface area contributed by atoms with E-state index in [2.05, 4.69) is 65.5 Å². The third-order valence-corrected chi connectivity index (χ3v) is 15.7. The predicted molar refractivity (Wildman–Crippen MR) is 142 cm³/mol. The maximum Gasteiger partial charge on any atom is 0.469 e. The number of carbonyl (C=O) groups is 1. The largest absolute Gasteiger partial charge is 0.469 e. The molecule has 0 aromatic heterocycles. The molecule has 0 aromatic rings. The highest BCUT2D eigenvalue weighted by Gasteiger charge is 2.49. The van der Waals surface area contributed by atoms with E-state index in [0.29, 0.717) is 26.4 Å². The van der Waals surface area contributed by atoms with Crippen LogP contribution < -0.4 is 0 Å². The number of hydrogen-bond donors (Lipinski definition) is 0. The van der Waals surface area contributed by atoms with Gasteiger partial charge >= 0.3 is 14.8 Å². The van der Waals surface area contributed by atoms with E-state index >= 15 is 0 Å². The van der Waals surface area contributed by atoms with Gasteiger partial charge in [0.05, 0.1) is 32.0 Å². The molecular weight excluding hydrogens is 493 g/mol. The monoisotopic (exact) mass is 540 g/mol. The van der Waals surface area contributed by atoms with Gasteiger partial charge in [0, 0.05) is 19.8 Å². The summed E-state index contributed by atoms with van der Waals surface area (Å²) in [7, 11) is -6.87. The Morgan fingerprint density at radius 3 is 1.64 bits per heavy atom. The third kappa shape index (κ3) is 18.8. The topological polar surface area (TPSA) is 81.7 Å². The van der Waals surface area contributed by atoms with Crippen molar-refractivity contribution >= 4 is 39.7 Å². The summed E-state index contributed by atoms with van der Waals surface area (Å²) in [5.41, 5.74) is 0.275. The Kier molecular flexibility index (Phi) is 15.0. The molecule has 0 bridgehead atoms. The van der Waals surface area contributed by atoms with Crippen molar-refractivity contribution in [3.63, 3.8) is 0 Å². The van der Waals surface area contributed by atoms with E-state index in [1.807, 2.05) is 0 Å². The van der Waals surface area contributed by atoms with E-state index in [1.54, 1.807) is 7.11 Å². The third-order valence-electron chi connectivity index (χ3n) is 3.61. The summed E-state index contributed by atoms with van der Waals surface area (Å²) in [5, 5.41) is 0. The molecule has 0 spiro atoms. The van der Waals surface area contributed by atoms with E-state index in [9.17, 15) is 4.79 Å². The highest BCUT2D eigenvalue weighted by molar-refractivity contribution is 6.90. The Morgan fingerprint density at radius 2 is 1.18 bits per heavy atom. The molecule has 0 heterocycles. The Hall–Kier alpha value is -0.162. The van der Waals surface area contributed by atoms with Gasteiger partial charge in [0.15, 0.2) is 25.0 Å². The smallest absolute Gasteiger partial charge is 0.460 e. The van der Waals surface area contributed by atoms with Gasteiger partial charge in [0.25, 0.3) is 0 Å². The van der Waals surface area contributed by atoms with Crippen LogP contribution in [0.4, 0.5) is 0 Å². The normalized spacial score (nSPS) is 13.3. The molecule has 0 fully saturated rings. The van der Waals surface area contributed by atoms with Gasteiger partial charge in [-0.05, 0) is 65.3 Å². The van der Waals surface area contributed by atoms with Gasteiger partial charge in [-0.25, -0.2) is 4.79 Å². The standard InChI is InChI=1S/C21H48O8Si4/c1-20(21(22)26-17-14-23-2)19-25-16-15-24-13-12-18-33(27-30(3,4)5,28-31(6,7)8)29-32(9,10)11/h1,12-19H2,2-11H3. The molecule has 0 saturated carbocycles. The molecule has 0 N–H and O–H groups in total. The van der Waals surface area contributed by atoms with Crippen LogP contribution in [0.25, 0.3) is 0 Å². The lowest BCUT2D eigenvalue weighted by Gasteiger charge is -2.42. The number of ether oxygens (including phenoxy) is 4. The fourth-order valence-electron chi connectivity index (χ4n) is 2.80. The first-order valence-corrected chi connectivity index (χ1v) is 23.7. The molecule has 0 radical (unpaired) electrons. The zero-order valence-corrected chi connectivity index (χ0v) is 26.6. The van der Waals surface area contributed by atoms with Gasteiger partial charge in [-0.3, -0.25) is 0 Å². The van der Waals surface area contributed by atoms with Crippen LogP contribution in [0.5, 0.6) is 0 Å². The van der Waals surface area contributed by atoms with Crippen molar-refractivity contribution in [1.29, 1.82) is 0 Å². The minimum Gasteiger partial charge on any atom is -0.460 e. The second-order valence-corrected chi connectivity index (χ2v) is 27.8. The van der Waals surface area contributed by atoms with Crippen molar-refractivity contribution in [3.8, 4) is 0 Å². The van der Waals surface area contributed by atoms with Crippen LogP contribution in [0.2, 0.25) is 65.0 Å². The molecule has 0 amide bonds. The lowest BCUT2D eigenvalue weighted by Crippen LogP contribution is -2.60. The molecule has 0 unspecified atom stereocenters. The second-order valence-electron chi connectivity index (χ2n) is 10.8. The van der Waals surface area contributed by atoms with Crippen LogP contribution in [0.1, 0.15) is 6.42 Å². The Morgan fingerprint density at radius 1 is 0.697 bits per heavy atom. The van der Waals surface area contributed by atoms with Gasteiger partial charge in [-0.1, -0.05) is 6.58 Å². The van der Waals surface area contributed by atoms with Crippen molar-refractivity contribution in [1.82, 2.24) is 0 Å². The first kappa shape index (κ1) is 32.8. The molecule has 8 nitrogen and oxygen atoms in total. The SMILES string of the molecule is C=C(COCCOCCC[Si](O[Si](C)(C)C)(O[Si](C)(C)C)O[Si](C)(C)C)C(=O)OCCOC. The Balaban J connectivity index is 4.55. The quantitative estimate of drug-likeness (QED) is 0.101. The Labute approximate surface area is 206 Å². The number of hydrogen-bond acceptors (Lipinski definition) is 8. The van der Waals surface area contributed by atoms with Crippen molar-refractivity contribution in [3.05, 3.63) is 12.2 Å². The maximum atomic E-state index is 11.7. The van der Waals surface area contributed by atoms with Gasteiger partial charge in [-0.15, -0.1) is 0 Å². The molecule has 0 saturated heterocycles. The predicted octanol–water partition coefficient (Wildman–Crippen LogP) is 4.65. The van der Waals surface area contributed by atoms with Gasteiger partial charge in [0.1, 0.15) is 6.61 Å². The molecule has 12 heteroatoms. The summed E-state index contributed by atoms with van der Waals surface area (Å²) >= 11 is 0. The average Bonchev–Trinajstić information content (AvgIpc) is 2.59. The second kappa shape index (κ2) is 15.1. The van der Waals surface area contributed by atoms with Crippen LogP contribution in [0.15, 0.2) is 12.2 Å². The number of rotatable bonds is 19. The first-order valence-electron chi connectivity index (χ1n) is 11.6. The highest BCUT2D eigenvalue weighted by atomic mass is 28.5. The summed E-state index contributed by atoms with van der Waals surface area (Å²) in [6, 6.07) is 0.747. The minimum absolute atomic E-state index is 0.114. The van der Waals surface area contributed by atoms with Crippen LogP contribution in [-0.2, 0) is 36.1 Å². The van der Waals surface area contributed by atoms with Gasteiger partial charge < -0.3 is 31.3 Å². The number of esters is 1. The maximum absolute atomic E-state index is 11.7. The molecule has 0 atom stereocenters. The molecule has 33 heavy (non-hydrogen) atoms. The van der Waals surface area contributed by atoms with Crippen LogP contribution >= 0.6 is 0 Å². The van der Waals surface area contributed by atoms with Crippen molar-refractivity contribution < 1.29 is 36.1 Å². The molecule has 0 aliphatic heterocycles. The minimum atomic E-state index is -2.82. The molecule has 0 rings (SSSR count). The van der Waals surface area contributed by atoms with Crippen molar-refractivity contribution in [2.45, 2.75) is 71.4 Å². The Bertz CT molecular complexity index is 541. The van der Waals surface area contributed by atoms with Crippen molar-refractivity contribution in [2.24, 2.45) is 0 Å². The summed E-state index contributed by atoms with van der Waals surface area (Å²) in [6.45, 7) is 25.4. The molecular formula is C21H48O8Si4. The van der Waals surface area contributed by atoms with E-state index in [4.69, 9.17) is 31.3 Å². The van der Waals surface area contributed by atoms with E-state index in [-0.39, 0.29) is 18.8 Å². The summed E-state index contributed by atoms with van der Waals surface area (Å²) < 4.78 is 41.0. The fourth-order valence-corrected chi connectivity index (χ4v) is 17.4. The molecule has 196 valence electrons. The number of carbonyl (C=O) groups excluding carboxylic acids is 1. The molecule has 0 aliphatic rings. The van der Waals surface area contributed by atoms with E-state index in [0.717, 1.165) is 12.5 Å². The molecule has 0 aromatic carbocycles. The first-order chi connectivity index (χ1) is 15.0. The summed E-state index contributed by atoms with van der Waals surface area (Å²) in [6.07, 6.45) is 0.796. The summed E-state index contributed by atoms with van der Waals surface area (Å²) in [5.74, 6) is -0.471. The van der Waals surface area contributed by atoms with Crippen LogP contribution in [0.3, 0.4) is 0 Å². The zero-order chi connectivity index (χ0) is 25.8. The lowest BCUT2D eigenvalue weighted by atomic mass is 10.3. The van der Waals surface area contributed by atoms with Gasteiger partial charge in [0.2, 0.25) is 0 Å². The van der Waals surface area contributed by atoms with Crippen molar-refractivity contribution in [2.75, 3.05) is 46.8 Å². The zero-order valence-electron chi connectivity index (χ0n) is 22.6. The molecule has 0 aliphatic carbocycles. The number of methoxy groups -OCH3 is 1. The van der Waals surface area contributed by atoms with Crippen LogP contribution in [0, 0.1) is 0 Å². The van der Waals surface area contributed by atoms with E-state index in [1.165, 1.54) is 0 Å². The highest BCUT2D eigenvalue weighted by Crippen LogP contribution is 2.29. The average molecular weight is 541 g/mol. The lowest BCUT2D eigenvalue weighted by molar-refractivity contribution is -0.141. The van der Waals surface area contributed by atoms with Crippen LogP contribution in [-0.4, -0.2) is 86.5 Å². The summed E-state index contributed by atoms with van der Waals surface area (Å²) in [4.78, 5) is 11.7.